The zero-order valence-corrected chi connectivity index (χ0v) is 63.4. The molecule has 5 atom stereocenters. The summed E-state index contributed by atoms with van der Waals surface area (Å²) in [5.74, 6) is 0.894. The number of hydrogen-bond acceptors (Lipinski definition) is 15. The molecule has 0 aromatic carbocycles. The van der Waals surface area contributed by atoms with Crippen LogP contribution in [0.5, 0.6) is 0 Å². The summed E-state index contributed by atoms with van der Waals surface area (Å²) in [5.41, 5.74) is 0. The fraction of sp³-hybridized carbons (Fsp3) is 0.947. The largest absolute Gasteiger partial charge is 0.472 e. The van der Waals surface area contributed by atoms with Crippen LogP contribution in [-0.2, 0) is 65.4 Å². The number of aliphatic hydroxyl groups excluding tert-OH is 1. The van der Waals surface area contributed by atoms with E-state index in [0.717, 1.165) is 114 Å². The number of phosphoric acid groups is 2. The van der Waals surface area contributed by atoms with Crippen molar-refractivity contribution in [2.75, 3.05) is 39.6 Å². The number of esters is 4. The molecule has 0 aliphatic carbocycles. The van der Waals surface area contributed by atoms with Crippen LogP contribution in [0.25, 0.3) is 0 Å². The molecule has 0 amide bonds. The summed E-state index contributed by atoms with van der Waals surface area (Å²) < 4.78 is 68.5. The molecule has 17 nitrogen and oxygen atoms in total. The molecule has 0 aliphatic heterocycles. The van der Waals surface area contributed by atoms with Gasteiger partial charge in [-0.05, 0) is 49.4 Å². The monoisotopic (exact) mass is 1380 g/mol. The van der Waals surface area contributed by atoms with Gasteiger partial charge in [-0.3, -0.25) is 37.3 Å². The van der Waals surface area contributed by atoms with Gasteiger partial charge in [0.15, 0.2) is 12.2 Å². The standard InChI is InChI=1S/C75H146O17P2/c1-65(2)51-43-35-27-20-15-11-9-10-12-17-23-31-39-47-55-72(77)85-61-70(92-75(80)58-50-42-33-25-19-22-29-37-45-53-67(5)6)63-89-93(81,82)87-59-69(76)60-88-94(83,84)90-64-71(62-86-73(78)56-48-40-34-26-30-38-46-54-68(7)8)91-74(79)57-49-41-32-24-18-14-13-16-21-28-36-44-52-66(3)4/h65-71,76H,9-64H2,1-8H3,(H,81,82)(H,83,84)/t69?,70-,71-/m1/s1. The van der Waals surface area contributed by atoms with Crippen LogP contribution >= 0.6 is 15.6 Å². The summed E-state index contributed by atoms with van der Waals surface area (Å²) in [6, 6.07) is 0. The van der Waals surface area contributed by atoms with Crippen LogP contribution in [-0.4, -0.2) is 96.7 Å². The van der Waals surface area contributed by atoms with E-state index in [9.17, 15) is 43.2 Å². The molecule has 0 saturated carbocycles. The predicted molar refractivity (Wildman–Crippen MR) is 381 cm³/mol. The summed E-state index contributed by atoms with van der Waals surface area (Å²) >= 11 is 0. The third kappa shape index (κ3) is 68.6. The lowest BCUT2D eigenvalue weighted by Gasteiger charge is -2.21. The Morgan fingerprint density at radius 1 is 0.266 bits per heavy atom. The number of aliphatic hydroxyl groups is 1. The zero-order valence-electron chi connectivity index (χ0n) is 61.6. The Balaban J connectivity index is 5.23. The van der Waals surface area contributed by atoms with Crippen LogP contribution in [0.2, 0.25) is 0 Å². The first kappa shape index (κ1) is 92.1. The Kier molecular flexibility index (Phi) is 63.1. The molecule has 0 heterocycles. The Labute approximate surface area is 575 Å². The van der Waals surface area contributed by atoms with Gasteiger partial charge in [0.2, 0.25) is 0 Å². The highest BCUT2D eigenvalue weighted by atomic mass is 31.2. The van der Waals surface area contributed by atoms with Crippen molar-refractivity contribution in [2.45, 2.75) is 395 Å². The molecule has 19 heteroatoms. The maximum absolute atomic E-state index is 13.1. The number of unbranched alkanes of at least 4 members (excludes halogenated alkanes) is 38. The van der Waals surface area contributed by atoms with Gasteiger partial charge in [-0.25, -0.2) is 9.13 Å². The maximum atomic E-state index is 13.1. The summed E-state index contributed by atoms with van der Waals surface area (Å²) in [6.07, 6.45) is 48.6. The summed E-state index contributed by atoms with van der Waals surface area (Å²) in [7, 11) is -9.91. The van der Waals surface area contributed by atoms with E-state index in [1.54, 1.807) is 0 Å². The molecule has 0 radical (unpaired) electrons. The minimum absolute atomic E-state index is 0.105. The number of hydrogen-bond donors (Lipinski definition) is 3. The predicted octanol–water partition coefficient (Wildman–Crippen LogP) is 21.7. The summed E-state index contributed by atoms with van der Waals surface area (Å²) in [5, 5.41) is 10.6. The Morgan fingerprint density at radius 3 is 0.660 bits per heavy atom. The molecule has 0 saturated heterocycles. The smallest absolute Gasteiger partial charge is 0.462 e. The van der Waals surface area contributed by atoms with E-state index in [2.05, 4.69) is 55.4 Å². The van der Waals surface area contributed by atoms with Gasteiger partial charge >= 0.3 is 39.5 Å². The van der Waals surface area contributed by atoms with E-state index in [1.165, 1.54) is 173 Å². The molecular formula is C75H146O17P2. The first-order chi connectivity index (χ1) is 45.1. The van der Waals surface area contributed by atoms with Crippen LogP contribution < -0.4 is 0 Å². The molecule has 94 heavy (non-hydrogen) atoms. The highest BCUT2D eigenvalue weighted by Crippen LogP contribution is 2.45. The van der Waals surface area contributed by atoms with E-state index >= 15 is 0 Å². The van der Waals surface area contributed by atoms with Crippen molar-refractivity contribution in [3.05, 3.63) is 0 Å². The third-order valence-electron chi connectivity index (χ3n) is 17.3. The van der Waals surface area contributed by atoms with Crippen LogP contribution in [0.15, 0.2) is 0 Å². The Hall–Kier alpha value is -1.94. The molecule has 0 aliphatic rings. The minimum Gasteiger partial charge on any atom is -0.462 e. The number of carbonyl (C=O) groups excluding carboxylic acids is 4. The molecule has 0 aromatic rings. The van der Waals surface area contributed by atoms with Crippen LogP contribution in [0.4, 0.5) is 0 Å². The van der Waals surface area contributed by atoms with Gasteiger partial charge < -0.3 is 33.8 Å². The lowest BCUT2D eigenvalue weighted by atomic mass is 10.0. The van der Waals surface area contributed by atoms with Crippen LogP contribution in [0.3, 0.4) is 0 Å². The molecule has 3 unspecified atom stereocenters. The minimum atomic E-state index is -4.96. The molecule has 0 aromatic heterocycles. The van der Waals surface area contributed by atoms with Crippen molar-refractivity contribution in [3.63, 3.8) is 0 Å². The summed E-state index contributed by atoms with van der Waals surface area (Å²) in [4.78, 5) is 72.8. The quantitative estimate of drug-likeness (QED) is 0.0222. The lowest BCUT2D eigenvalue weighted by Crippen LogP contribution is -2.30. The number of ether oxygens (including phenoxy) is 4. The number of rotatable bonds is 72. The second kappa shape index (κ2) is 64.4. The van der Waals surface area contributed by atoms with E-state index < -0.39 is 97.5 Å². The molecule has 558 valence electrons. The zero-order chi connectivity index (χ0) is 69.6. The lowest BCUT2D eigenvalue weighted by molar-refractivity contribution is -0.161. The van der Waals surface area contributed by atoms with Gasteiger partial charge in [-0.15, -0.1) is 0 Å². The fourth-order valence-electron chi connectivity index (χ4n) is 11.4. The first-order valence-electron chi connectivity index (χ1n) is 38.7. The molecule has 0 spiro atoms. The number of carbonyl (C=O) groups is 4. The average molecular weight is 1380 g/mol. The Morgan fingerprint density at radius 2 is 0.447 bits per heavy atom. The van der Waals surface area contributed by atoms with Gasteiger partial charge in [0.1, 0.15) is 19.3 Å². The van der Waals surface area contributed by atoms with Gasteiger partial charge in [0.05, 0.1) is 26.4 Å². The van der Waals surface area contributed by atoms with Crippen LogP contribution in [0, 0.1) is 23.7 Å². The van der Waals surface area contributed by atoms with Crippen molar-refractivity contribution in [1.82, 2.24) is 0 Å². The molecule has 3 N–H and O–H groups in total. The van der Waals surface area contributed by atoms with Crippen molar-refractivity contribution in [3.8, 4) is 0 Å². The SMILES string of the molecule is CC(C)CCCCCCCCCCCCCCCCC(=O)OC[C@H](COP(=O)(O)OCC(O)COP(=O)(O)OC[C@@H](COC(=O)CCCCCCCCCC(C)C)OC(=O)CCCCCCCCCCCCCCC(C)C)OC(=O)CCCCCCCCCCCC(C)C. The molecule has 0 rings (SSSR count). The van der Waals surface area contributed by atoms with Gasteiger partial charge in [-0.1, -0.05) is 325 Å². The van der Waals surface area contributed by atoms with Crippen molar-refractivity contribution in [2.24, 2.45) is 23.7 Å². The maximum Gasteiger partial charge on any atom is 0.472 e. The molecular weight excluding hydrogens is 1230 g/mol. The van der Waals surface area contributed by atoms with Gasteiger partial charge in [0, 0.05) is 25.7 Å². The topological polar surface area (TPSA) is 237 Å². The van der Waals surface area contributed by atoms with E-state index in [-0.39, 0.29) is 25.7 Å². The second-order valence-electron chi connectivity index (χ2n) is 28.9. The van der Waals surface area contributed by atoms with E-state index in [0.29, 0.717) is 31.6 Å². The van der Waals surface area contributed by atoms with Crippen molar-refractivity contribution >= 4 is 39.5 Å². The van der Waals surface area contributed by atoms with Crippen LogP contribution in [0.1, 0.15) is 376 Å². The van der Waals surface area contributed by atoms with Crippen molar-refractivity contribution in [1.29, 1.82) is 0 Å². The molecule has 0 fully saturated rings. The highest BCUT2D eigenvalue weighted by molar-refractivity contribution is 7.47. The van der Waals surface area contributed by atoms with E-state index in [4.69, 9.17) is 37.0 Å². The van der Waals surface area contributed by atoms with Gasteiger partial charge in [0.25, 0.3) is 0 Å². The fourth-order valence-corrected chi connectivity index (χ4v) is 13.0. The van der Waals surface area contributed by atoms with Gasteiger partial charge in [-0.2, -0.15) is 0 Å². The number of phosphoric ester groups is 2. The molecule has 0 bridgehead atoms. The van der Waals surface area contributed by atoms with Crippen molar-refractivity contribution < 1.29 is 80.2 Å². The first-order valence-corrected chi connectivity index (χ1v) is 41.7. The Bertz CT molecular complexity index is 1850. The summed E-state index contributed by atoms with van der Waals surface area (Å²) in [6.45, 7) is 14.1. The third-order valence-corrected chi connectivity index (χ3v) is 19.2. The highest BCUT2D eigenvalue weighted by Gasteiger charge is 2.30. The average Bonchev–Trinajstić information content (AvgIpc) is 1.86. The second-order valence-corrected chi connectivity index (χ2v) is 31.9. The normalized spacial score (nSPS) is 14.2. The van der Waals surface area contributed by atoms with E-state index in [1.807, 2.05) is 0 Å².